The van der Waals surface area contributed by atoms with Crippen molar-refractivity contribution in [3.63, 3.8) is 0 Å². The minimum Gasteiger partial charge on any atom is -0.343 e. The maximum Gasteiger partial charge on any atom is 0.151 e. The van der Waals surface area contributed by atoms with Crippen molar-refractivity contribution in [3.05, 3.63) is 52.6 Å². The average Bonchev–Trinajstić information content (AvgIpc) is 2.56. The van der Waals surface area contributed by atoms with Crippen LogP contribution in [0.3, 0.4) is 0 Å². The van der Waals surface area contributed by atoms with Crippen molar-refractivity contribution in [2.24, 2.45) is 0 Å². The average molecular weight is 228 g/mol. The van der Waals surface area contributed by atoms with E-state index in [4.69, 9.17) is 0 Å². The Bertz CT molecular complexity index is 555. The van der Waals surface area contributed by atoms with E-state index in [1.54, 1.807) is 0 Å². The normalized spacial score (nSPS) is 10.5. The molecule has 2 rings (SSSR count). The van der Waals surface area contributed by atoms with E-state index in [9.17, 15) is 4.79 Å². The van der Waals surface area contributed by atoms with Gasteiger partial charge in [-0.3, -0.25) is 9.78 Å². The summed E-state index contributed by atoms with van der Waals surface area (Å²) in [5.41, 5.74) is 4.88. The summed E-state index contributed by atoms with van der Waals surface area (Å²) < 4.78 is 2.12. The number of carbonyl (C=O) groups excluding carboxylic acids is 1. The predicted octanol–water partition coefficient (Wildman–Crippen LogP) is 2.67. The highest BCUT2D eigenvalue weighted by atomic mass is 16.1. The van der Waals surface area contributed by atoms with Crippen LogP contribution in [-0.2, 0) is 6.54 Å². The van der Waals surface area contributed by atoms with Crippen LogP contribution in [0.4, 0.5) is 0 Å². The van der Waals surface area contributed by atoms with Crippen molar-refractivity contribution in [3.8, 4) is 0 Å². The van der Waals surface area contributed by atoms with Gasteiger partial charge < -0.3 is 4.57 Å². The molecule has 0 atom stereocenters. The molecule has 0 radical (unpaired) electrons. The third kappa shape index (κ3) is 2.28. The van der Waals surface area contributed by atoms with Gasteiger partial charge in [-0.05, 0) is 39.0 Å². The second-order valence-corrected chi connectivity index (χ2v) is 4.30. The van der Waals surface area contributed by atoms with E-state index in [0.29, 0.717) is 6.54 Å². The van der Waals surface area contributed by atoms with Crippen LogP contribution in [-0.4, -0.2) is 15.8 Å². The zero-order valence-electron chi connectivity index (χ0n) is 10.4. The number of aryl methyl sites for hydroxylation is 2. The first-order valence-corrected chi connectivity index (χ1v) is 5.66. The van der Waals surface area contributed by atoms with E-state index in [2.05, 4.69) is 9.55 Å². The van der Waals surface area contributed by atoms with E-state index in [0.717, 1.165) is 34.6 Å². The fraction of sp³-hybridized carbons (Fsp3) is 0.286. The molecule has 0 unspecified atom stereocenters. The molecule has 0 aromatic carbocycles. The quantitative estimate of drug-likeness (QED) is 0.757. The van der Waals surface area contributed by atoms with E-state index < -0.39 is 0 Å². The molecule has 0 aliphatic rings. The van der Waals surface area contributed by atoms with Gasteiger partial charge in [0.25, 0.3) is 0 Å². The van der Waals surface area contributed by atoms with Crippen molar-refractivity contribution in [1.29, 1.82) is 0 Å². The van der Waals surface area contributed by atoms with E-state index in [1.165, 1.54) is 0 Å². The Morgan fingerprint density at radius 2 is 2.06 bits per heavy atom. The highest BCUT2D eigenvalue weighted by molar-refractivity contribution is 5.77. The van der Waals surface area contributed by atoms with Crippen molar-refractivity contribution < 1.29 is 4.79 Å². The SMILES string of the molecule is Cc1cccc(Cn2c(C)cc(C=O)c2C)n1. The van der Waals surface area contributed by atoms with Gasteiger partial charge in [0.2, 0.25) is 0 Å². The van der Waals surface area contributed by atoms with E-state index in [1.807, 2.05) is 45.0 Å². The molecule has 2 aromatic heterocycles. The zero-order chi connectivity index (χ0) is 12.4. The third-order valence-electron chi connectivity index (χ3n) is 3.01. The summed E-state index contributed by atoms with van der Waals surface area (Å²) in [6.07, 6.45) is 0.905. The topological polar surface area (TPSA) is 34.9 Å². The molecule has 0 spiro atoms. The van der Waals surface area contributed by atoms with Gasteiger partial charge in [0, 0.05) is 22.6 Å². The van der Waals surface area contributed by atoms with Crippen molar-refractivity contribution in [1.82, 2.24) is 9.55 Å². The predicted molar refractivity (Wildman–Crippen MR) is 67.4 cm³/mol. The molecule has 0 amide bonds. The number of aromatic nitrogens is 2. The molecule has 0 bridgehead atoms. The molecule has 0 fully saturated rings. The summed E-state index contributed by atoms with van der Waals surface area (Å²) >= 11 is 0. The lowest BCUT2D eigenvalue weighted by Gasteiger charge is -2.09. The van der Waals surface area contributed by atoms with Gasteiger partial charge in [0.05, 0.1) is 12.2 Å². The fourth-order valence-electron chi connectivity index (χ4n) is 2.04. The van der Waals surface area contributed by atoms with Crippen molar-refractivity contribution in [2.45, 2.75) is 27.3 Å². The standard InChI is InChI=1S/C14H16N2O/c1-10-5-4-6-14(15-10)8-16-11(2)7-13(9-17)12(16)3/h4-7,9H,8H2,1-3H3. The van der Waals surface area contributed by atoms with Crippen LogP contribution in [0.25, 0.3) is 0 Å². The Hall–Kier alpha value is -1.90. The lowest BCUT2D eigenvalue weighted by molar-refractivity contribution is 0.112. The van der Waals surface area contributed by atoms with Crippen LogP contribution in [0.2, 0.25) is 0 Å². The first-order valence-electron chi connectivity index (χ1n) is 5.66. The van der Waals surface area contributed by atoms with Gasteiger partial charge in [-0.1, -0.05) is 6.07 Å². The van der Waals surface area contributed by atoms with Crippen LogP contribution in [0.15, 0.2) is 24.3 Å². The molecule has 2 heterocycles. The number of pyridine rings is 1. The number of hydrogen-bond acceptors (Lipinski definition) is 2. The van der Waals surface area contributed by atoms with Gasteiger partial charge in [0.1, 0.15) is 0 Å². The molecule has 0 saturated heterocycles. The molecule has 17 heavy (non-hydrogen) atoms. The Balaban J connectivity index is 2.36. The minimum absolute atomic E-state index is 0.715. The Morgan fingerprint density at radius 1 is 1.29 bits per heavy atom. The smallest absolute Gasteiger partial charge is 0.151 e. The fourth-order valence-corrected chi connectivity index (χ4v) is 2.04. The van der Waals surface area contributed by atoms with Crippen LogP contribution in [0.1, 0.15) is 33.1 Å². The Kier molecular flexibility index (Phi) is 3.09. The van der Waals surface area contributed by atoms with Crippen LogP contribution >= 0.6 is 0 Å². The maximum absolute atomic E-state index is 10.9. The molecular formula is C14H16N2O. The molecule has 3 nitrogen and oxygen atoms in total. The number of aldehydes is 1. The summed E-state index contributed by atoms with van der Waals surface area (Å²) in [5, 5.41) is 0. The number of rotatable bonds is 3. The minimum atomic E-state index is 0.715. The highest BCUT2D eigenvalue weighted by Crippen LogP contribution is 2.14. The van der Waals surface area contributed by atoms with Gasteiger partial charge >= 0.3 is 0 Å². The number of carbonyl (C=O) groups is 1. The molecule has 0 aliphatic carbocycles. The number of hydrogen-bond donors (Lipinski definition) is 0. The van der Waals surface area contributed by atoms with Crippen molar-refractivity contribution >= 4 is 6.29 Å². The summed E-state index contributed by atoms with van der Waals surface area (Å²) in [4.78, 5) is 15.3. The number of nitrogens with zero attached hydrogens (tertiary/aromatic N) is 2. The monoisotopic (exact) mass is 228 g/mol. The van der Waals surface area contributed by atoms with Gasteiger partial charge in [-0.2, -0.15) is 0 Å². The molecule has 0 aliphatic heterocycles. The summed E-state index contributed by atoms with van der Waals surface area (Å²) in [6, 6.07) is 7.91. The maximum atomic E-state index is 10.9. The first kappa shape index (κ1) is 11.6. The second kappa shape index (κ2) is 4.53. The van der Waals surface area contributed by atoms with Gasteiger partial charge in [-0.15, -0.1) is 0 Å². The molecule has 3 heteroatoms. The largest absolute Gasteiger partial charge is 0.343 e. The molecule has 0 N–H and O–H groups in total. The zero-order valence-corrected chi connectivity index (χ0v) is 10.4. The Labute approximate surface area is 101 Å². The second-order valence-electron chi connectivity index (χ2n) is 4.30. The van der Waals surface area contributed by atoms with Gasteiger partial charge in [0.15, 0.2) is 6.29 Å². The lowest BCUT2D eigenvalue weighted by atomic mass is 10.3. The van der Waals surface area contributed by atoms with E-state index in [-0.39, 0.29) is 0 Å². The van der Waals surface area contributed by atoms with Crippen molar-refractivity contribution in [2.75, 3.05) is 0 Å². The van der Waals surface area contributed by atoms with E-state index >= 15 is 0 Å². The highest BCUT2D eigenvalue weighted by Gasteiger charge is 2.08. The Morgan fingerprint density at radius 3 is 2.65 bits per heavy atom. The summed E-state index contributed by atoms with van der Waals surface area (Å²) in [5.74, 6) is 0. The van der Waals surface area contributed by atoms with Crippen LogP contribution in [0, 0.1) is 20.8 Å². The molecule has 88 valence electrons. The molecule has 0 saturated carbocycles. The third-order valence-corrected chi connectivity index (χ3v) is 3.01. The van der Waals surface area contributed by atoms with Gasteiger partial charge in [-0.25, -0.2) is 0 Å². The molecular weight excluding hydrogens is 212 g/mol. The van der Waals surface area contributed by atoms with Crippen LogP contribution < -0.4 is 0 Å². The molecule has 2 aromatic rings. The lowest BCUT2D eigenvalue weighted by Crippen LogP contribution is -2.06. The summed E-state index contributed by atoms with van der Waals surface area (Å²) in [7, 11) is 0. The van der Waals surface area contributed by atoms with Crippen LogP contribution in [0.5, 0.6) is 0 Å². The first-order chi connectivity index (χ1) is 8.11. The summed E-state index contributed by atoms with van der Waals surface area (Å²) in [6.45, 7) is 6.67.